The lowest BCUT2D eigenvalue weighted by Crippen LogP contribution is -2.23. The van der Waals surface area contributed by atoms with Crippen molar-refractivity contribution in [3.63, 3.8) is 0 Å². The van der Waals surface area contributed by atoms with Crippen molar-refractivity contribution < 1.29 is 14.6 Å². The van der Waals surface area contributed by atoms with E-state index in [9.17, 15) is 9.90 Å². The van der Waals surface area contributed by atoms with Crippen molar-refractivity contribution >= 4 is 17.3 Å². The molecule has 84 valence electrons. The third-order valence-electron chi connectivity index (χ3n) is 2.11. The van der Waals surface area contributed by atoms with Crippen molar-refractivity contribution in [1.82, 2.24) is 4.98 Å². The van der Waals surface area contributed by atoms with E-state index in [1.165, 1.54) is 11.3 Å². The molecule has 1 aromatic heterocycles. The molecule has 0 fully saturated rings. The van der Waals surface area contributed by atoms with Crippen molar-refractivity contribution in [1.29, 1.82) is 0 Å². The summed E-state index contributed by atoms with van der Waals surface area (Å²) in [6.07, 6.45) is 1.30. The maximum absolute atomic E-state index is 11.5. The Labute approximate surface area is 92.9 Å². The monoisotopic (exact) mass is 229 g/mol. The van der Waals surface area contributed by atoms with E-state index in [4.69, 9.17) is 4.74 Å². The van der Waals surface area contributed by atoms with Crippen LogP contribution in [-0.4, -0.2) is 22.7 Å². The molecule has 1 aromatic rings. The lowest BCUT2D eigenvalue weighted by Gasteiger charge is -2.17. The zero-order chi connectivity index (χ0) is 11.3. The van der Waals surface area contributed by atoms with Crippen LogP contribution in [-0.2, 0) is 9.53 Å². The molecule has 0 bridgehead atoms. The molecule has 1 heterocycles. The van der Waals surface area contributed by atoms with E-state index in [2.05, 4.69) is 4.98 Å². The molecule has 0 aliphatic rings. The Bertz CT molecular complexity index is 300. The maximum Gasteiger partial charge on any atom is 0.312 e. The molecule has 0 saturated carbocycles. The Kier molecular flexibility index (Phi) is 4.71. The lowest BCUT2D eigenvalue weighted by atomic mass is 10.0. The topological polar surface area (TPSA) is 59.4 Å². The molecule has 0 radical (unpaired) electrons. The Balaban J connectivity index is 2.70. The van der Waals surface area contributed by atoms with Crippen molar-refractivity contribution in [2.75, 3.05) is 6.61 Å². The summed E-state index contributed by atoms with van der Waals surface area (Å²) in [6.45, 7) is 3.93. The molecule has 0 saturated heterocycles. The van der Waals surface area contributed by atoms with Gasteiger partial charge in [-0.1, -0.05) is 6.92 Å². The first kappa shape index (κ1) is 12.1. The zero-order valence-corrected chi connectivity index (χ0v) is 9.66. The van der Waals surface area contributed by atoms with Gasteiger partial charge in [0.15, 0.2) is 0 Å². The average Bonchev–Trinajstić information content (AvgIpc) is 2.71. The highest BCUT2D eigenvalue weighted by Gasteiger charge is 2.29. The van der Waals surface area contributed by atoms with E-state index in [0.717, 1.165) is 0 Å². The zero-order valence-electron chi connectivity index (χ0n) is 8.84. The van der Waals surface area contributed by atoms with Crippen LogP contribution in [0.3, 0.4) is 0 Å². The number of carbonyl (C=O) groups excluding carboxylic acids is 1. The number of hydrogen-bond donors (Lipinski definition) is 1. The molecule has 0 aliphatic carbocycles. The number of thiazole rings is 1. The molecule has 0 aliphatic heterocycles. The van der Waals surface area contributed by atoms with Gasteiger partial charge in [-0.05, 0) is 13.3 Å². The summed E-state index contributed by atoms with van der Waals surface area (Å²) in [5.41, 5.74) is 0. The number of aromatic nitrogens is 1. The Morgan fingerprint density at radius 1 is 1.67 bits per heavy atom. The van der Waals surface area contributed by atoms with Crippen LogP contribution < -0.4 is 0 Å². The predicted octanol–water partition coefficient (Wildman–Crippen LogP) is 1.77. The first-order valence-electron chi connectivity index (χ1n) is 4.94. The Morgan fingerprint density at radius 3 is 2.87 bits per heavy atom. The minimum Gasteiger partial charge on any atom is -0.466 e. The predicted molar refractivity (Wildman–Crippen MR) is 57.5 cm³/mol. The molecule has 4 nitrogen and oxygen atoms in total. The fourth-order valence-corrected chi connectivity index (χ4v) is 2.01. The lowest BCUT2D eigenvalue weighted by molar-refractivity contribution is -0.152. The highest BCUT2D eigenvalue weighted by atomic mass is 32.1. The largest absolute Gasteiger partial charge is 0.466 e. The van der Waals surface area contributed by atoms with Crippen LogP contribution in [0.4, 0.5) is 0 Å². The number of rotatable bonds is 5. The summed E-state index contributed by atoms with van der Waals surface area (Å²) in [7, 11) is 0. The number of hydrogen-bond acceptors (Lipinski definition) is 5. The van der Waals surface area contributed by atoms with Crippen LogP contribution in [0.1, 0.15) is 31.4 Å². The molecule has 15 heavy (non-hydrogen) atoms. The smallest absolute Gasteiger partial charge is 0.312 e. The second-order valence-corrected chi connectivity index (χ2v) is 4.01. The highest BCUT2D eigenvalue weighted by molar-refractivity contribution is 7.09. The molecule has 1 rings (SSSR count). The minimum absolute atomic E-state index is 0.333. The molecule has 0 spiro atoms. The van der Waals surface area contributed by atoms with Gasteiger partial charge in [0.1, 0.15) is 11.1 Å². The van der Waals surface area contributed by atoms with Crippen molar-refractivity contribution in [2.45, 2.75) is 26.4 Å². The van der Waals surface area contributed by atoms with Crippen molar-refractivity contribution in [2.24, 2.45) is 5.92 Å². The van der Waals surface area contributed by atoms with Crippen LogP contribution in [0.5, 0.6) is 0 Å². The van der Waals surface area contributed by atoms with Crippen LogP contribution in [0.2, 0.25) is 0 Å². The summed E-state index contributed by atoms with van der Waals surface area (Å²) in [5.74, 6) is -0.876. The second kappa shape index (κ2) is 5.82. The molecule has 2 unspecified atom stereocenters. The Morgan fingerprint density at radius 2 is 2.40 bits per heavy atom. The number of esters is 1. The van der Waals surface area contributed by atoms with E-state index in [0.29, 0.717) is 18.0 Å². The van der Waals surface area contributed by atoms with Crippen LogP contribution in [0.15, 0.2) is 11.6 Å². The van der Waals surface area contributed by atoms with Gasteiger partial charge >= 0.3 is 5.97 Å². The number of carbonyl (C=O) groups is 1. The molecule has 0 amide bonds. The van der Waals surface area contributed by atoms with Gasteiger partial charge in [0.05, 0.1) is 12.5 Å². The van der Waals surface area contributed by atoms with Crippen molar-refractivity contribution in [3.8, 4) is 0 Å². The fourth-order valence-electron chi connectivity index (χ4n) is 1.32. The number of aliphatic hydroxyl groups is 1. The quantitative estimate of drug-likeness (QED) is 0.782. The molecule has 2 atom stereocenters. The van der Waals surface area contributed by atoms with Crippen LogP contribution in [0.25, 0.3) is 0 Å². The number of ether oxygens (including phenoxy) is 1. The Hall–Kier alpha value is -0.940. The van der Waals surface area contributed by atoms with E-state index >= 15 is 0 Å². The van der Waals surface area contributed by atoms with Crippen LogP contribution in [0, 0.1) is 5.92 Å². The first-order valence-corrected chi connectivity index (χ1v) is 5.82. The van der Waals surface area contributed by atoms with E-state index in [1.807, 2.05) is 6.92 Å². The standard InChI is InChI=1S/C10H15NO3S/c1-3-7(10(13)14-4-2)8(12)9-11-5-6-15-9/h5-8,12H,3-4H2,1-2H3. The van der Waals surface area contributed by atoms with Gasteiger partial charge in [-0.25, -0.2) is 4.98 Å². The van der Waals surface area contributed by atoms with Gasteiger partial charge in [-0.3, -0.25) is 4.79 Å². The summed E-state index contributed by atoms with van der Waals surface area (Å²) in [5, 5.41) is 12.3. The van der Waals surface area contributed by atoms with Gasteiger partial charge in [0.2, 0.25) is 0 Å². The van der Waals surface area contributed by atoms with Gasteiger partial charge in [0.25, 0.3) is 0 Å². The van der Waals surface area contributed by atoms with Gasteiger partial charge in [-0.2, -0.15) is 0 Å². The minimum atomic E-state index is -0.853. The number of aliphatic hydroxyl groups excluding tert-OH is 1. The van der Waals surface area contributed by atoms with Gasteiger partial charge in [-0.15, -0.1) is 11.3 Å². The summed E-state index contributed by atoms with van der Waals surface area (Å²) < 4.78 is 4.89. The first-order chi connectivity index (χ1) is 7.20. The summed E-state index contributed by atoms with van der Waals surface area (Å²) >= 11 is 1.34. The summed E-state index contributed by atoms with van der Waals surface area (Å²) in [4.78, 5) is 15.5. The normalized spacial score (nSPS) is 14.6. The van der Waals surface area contributed by atoms with Crippen molar-refractivity contribution in [3.05, 3.63) is 16.6 Å². The second-order valence-electron chi connectivity index (χ2n) is 3.08. The third-order valence-corrected chi connectivity index (χ3v) is 2.96. The maximum atomic E-state index is 11.5. The molecule has 0 aromatic carbocycles. The average molecular weight is 229 g/mol. The van der Waals surface area contributed by atoms with E-state index in [1.54, 1.807) is 18.5 Å². The molecule has 5 heteroatoms. The molecular weight excluding hydrogens is 214 g/mol. The van der Waals surface area contributed by atoms with E-state index in [-0.39, 0.29) is 5.97 Å². The fraction of sp³-hybridized carbons (Fsp3) is 0.600. The molecular formula is C10H15NO3S. The van der Waals surface area contributed by atoms with Gasteiger partial charge < -0.3 is 9.84 Å². The van der Waals surface area contributed by atoms with E-state index < -0.39 is 12.0 Å². The van der Waals surface area contributed by atoms with Gasteiger partial charge in [0, 0.05) is 11.6 Å². The SMILES string of the molecule is CCOC(=O)C(CC)C(O)c1nccs1. The summed E-state index contributed by atoms with van der Waals surface area (Å²) in [6, 6.07) is 0. The van der Waals surface area contributed by atoms with Crippen LogP contribution >= 0.6 is 11.3 Å². The number of nitrogens with zero attached hydrogens (tertiary/aromatic N) is 1. The molecule has 1 N–H and O–H groups in total. The third kappa shape index (κ3) is 3.00. The highest BCUT2D eigenvalue weighted by Crippen LogP contribution is 2.26.